The van der Waals surface area contributed by atoms with Gasteiger partial charge < -0.3 is 15.1 Å². The molecule has 0 bridgehead atoms. The lowest BCUT2D eigenvalue weighted by molar-refractivity contribution is 0.474. The van der Waals surface area contributed by atoms with Gasteiger partial charge in [0.1, 0.15) is 17.2 Å². The predicted molar refractivity (Wildman–Crippen MR) is 136 cm³/mol. The highest BCUT2D eigenvalue weighted by Crippen LogP contribution is 2.37. The molecule has 0 radical (unpaired) electrons. The number of azo groups is 1. The summed E-state index contributed by atoms with van der Waals surface area (Å²) >= 11 is 0. The summed E-state index contributed by atoms with van der Waals surface area (Å²) in [5, 5.41) is 30.2. The molecule has 2 aromatic heterocycles. The van der Waals surface area contributed by atoms with Gasteiger partial charge in [0.2, 0.25) is 0 Å². The maximum Gasteiger partial charge on any atom is 0.143 e. The Morgan fingerprint density at radius 3 is 2.00 bits per heavy atom. The SMILES string of the molecule is Oc1ccc2c(N=Nc3ccc(N(Cc4ccccn4)Cc4ccccn4)cc3)c(O)ccc2c1. The highest BCUT2D eigenvalue weighted by molar-refractivity contribution is 5.96. The molecule has 3 aromatic carbocycles. The molecule has 0 aliphatic rings. The van der Waals surface area contributed by atoms with Crippen LogP contribution < -0.4 is 4.90 Å². The number of nitrogens with zero attached hydrogens (tertiary/aromatic N) is 5. The Kier molecular flexibility index (Phi) is 6.30. The van der Waals surface area contributed by atoms with Crippen molar-refractivity contribution in [2.24, 2.45) is 10.2 Å². The summed E-state index contributed by atoms with van der Waals surface area (Å²) in [6.45, 7) is 1.27. The summed E-state index contributed by atoms with van der Waals surface area (Å²) in [6, 6.07) is 27.7. The molecule has 0 spiro atoms. The number of pyridine rings is 2. The molecule has 0 atom stereocenters. The maximum absolute atomic E-state index is 10.3. The second-order valence-corrected chi connectivity index (χ2v) is 8.05. The van der Waals surface area contributed by atoms with Crippen LogP contribution in [0.5, 0.6) is 11.5 Å². The zero-order chi connectivity index (χ0) is 24.0. The van der Waals surface area contributed by atoms with Gasteiger partial charge in [0.05, 0.1) is 30.2 Å². The lowest BCUT2D eigenvalue weighted by Gasteiger charge is -2.24. The fraction of sp³-hybridized carbons (Fsp3) is 0.0714. The molecule has 2 N–H and O–H groups in total. The largest absolute Gasteiger partial charge is 0.508 e. The highest BCUT2D eigenvalue weighted by Gasteiger charge is 2.11. The first-order valence-corrected chi connectivity index (χ1v) is 11.2. The summed E-state index contributed by atoms with van der Waals surface area (Å²) in [4.78, 5) is 11.1. The Morgan fingerprint density at radius 1 is 0.686 bits per heavy atom. The highest BCUT2D eigenvalue weighted by atomic mass is 16.3. The van der Waals surface area contributed by atoms with E-state index in [1.807, 2.05) is 60.7 Å². The number of phenolic OH excluding ortho intramolecular Hbond substituents is 2. The van der Waals surface area contributed by atoms with Crippen molar-refractivity contribution >= 4 is 27.8 Å². The molecule has 5 aromatic rings. The van der Waals surface area contributed by atoms with Crippen molar-refractivity contribution in [3.63, 3.8) is 0 Å². The summed E-state index contributed by atoms with van der Waals surface area (Å²) in [5.74, 6) is 0.183. The van der Waals surface area contributed by atoms with Crippen molar-refractivity contribution in [2.75, 3.05) is 4.90 Å². The van der Waals surface area contributed by atoms with E-state index in [0.29, 0.717) is 29.9 Å². The van der Waals surface area contributed by atoms with Crippen molar-refractivity contribution in [1.82, 2.24) is 9.97 Å². The fourth-order valence-corrected chi connectivity index (χ4v) is 3.85. The third kappa shape index (κ3) is 5.25. The van der Waals surface area contributed by atoms with E-state index < -0.39 is 0 Å². The van der Waals surface area contributed by atoms with Crippen LogP contribution in [-0.2, 0) is 13.1 Å². The lowest BCUT2D eigenvalue weighted by Crippen LogP contribution is -2.23. The molecular formula is C28H23N5O2. The molecule has 5 rings (SSSR count). The maximum atomic E-state index is 10.3. The molecule has 2 heterocycles. The zero-order valence-corrected chi connectivity index (χ0v) is 18.9. The molecule has 172 valence electrons. The average Bonchev–Trinajstić information content (AvgIpc) is 2.89. The monoisotopic (exact) mass is 461 g/mol. The topological polar surface area (TPSA) is 94.2 Å². The molecule has 0 aliphatic carbocycles. The molecule has 0 unspecified atom stereocenters. The normalized spacial score (nSPS) is 11.2. The standard InChI is InChI=1S/C28H23N5O2/c34-25-12-13-26-20(17-25)7-14-27(35)28(26)32-31-21-8-10-24(11-9-21)33(18-22-5-1-3-15-29-22)19-23-6-2-4-16-30-23/h1-17,34-35H,18-19H2. The van der Waals surface area contributed by atoms with Crippen LogP contribution in [0.3, 0.4) is 0 Å². The predicted octanol–water partition coefficient (Wildman–Crippen LogP) is 6.66. The van der Waals surface area contributed by atoms with Gasteiger partial charge in [-0.05, 0) is 78.2 Å². The molecule has 35 heavy (non-hydrogen) atoms. The van der Waals surface area contributed by atoms with Gasteiger partial charge >= 0.3 is 0 Å². The van der Waals surface area contributed by atoms with Gasteiger partial charge in [-0.1, -0.05) is 18.2 Å². The van der Waals surface area contributed by atoms with Crippen LogP contribution in [0, 0.1) is 0 Å². The molecular weight excluding hydrogens is 438 g/mol. The van der Waals surface area contributed by atoms with Gasteiger partial charge in [-0.3, -0.25) is 9.97 Å². The van der Waals surface area contributed by atoms with Gasteiger partial charge in [-0.15, -0.1) is 5.11 Å². The number of benzene rings is 3. The van der Waals surface area contributed by atoms with Crippen molar-refractivity contribution in [1.29, 1.82) is 0 Å². The Labute approximate surface area is 202 Å². The molecule has 7 heteroatoms. The molecule has 7 nitrogen and oxygen atoms in total. The van der Waals surface area contributed by atoms with Gasteiger partial charge in [-0.25, -0.2) is 0 Å². The van der Waals surface area contributed by atoms with Gasteiger partial charge in [0, 0.05) is 23.5 Å². The second-order valence-electron chi connectivity index (χ2n) is 8.05. The lowest BCUT2D eigenvalue weighted by atomic mass is 10.1. The van der Waals surface area contributed by atoms with E-state index in [0.717, 1.165) is 22.5 Å². The van der Waals surface area contributed by atoms with Crippen LogP contribution in [0.25, 0.3) is 10.8 Å². The van der Waals surface area contributed by atoms with E-state index in [1.165, 1.54) is 0 Å². The molecule has 0 saturated heterocycles. The first-order chi connectivity index (χ1) is 17.2. The Bertz CT molecular complexity index is 1410. The smallest absolute Gasteiger partial charge is 0.143 e. The summed E-state index contributed by atoms with van der Waals surface area (Å²) in [5.41, 5.74) is 3.94. The van der Waals surface area contributed by atoms with Gasteiger partial charge in [-0.2, -0.15) is 5.11 Å². The quantitative estimate of drug-likeness (QED) is 0.264. The van der Waals surface area contributed by atoms with E-state index in [2.05, 4.69) is 25.1 Å². The van der Waals surface area contributed by atoms with Crippen LogP contribution >= 0.6 is 0 Å². The number of aromatic hydroxyl groups is 2. The van der Waals surface area contributed by atoms with Gasteiger partial charge in [0.15, 0.2) is 0 Å². The van der Waals surface area contributed by atoms with E-state index in [-0.39, 0.29) is 11.5 Å². The number of phenols is 2. The Hall–Kier alpha value is -4.78. The minimum absolute atomic E-state index is 0.0282. The van der Waals surface area contributed by atoms with Crippen molar-refractivity contribution < 1.29 is 10.2 Å². The zero-order valence-electron chi connectivity index (χ0n) is 18.9. The van der Waals surface area contributed by atoms with Crippen LogP contribution in [-0.4, -0.2) is 20.2 Å². The van der Waals surface area contributed by atoms with Gasteiger partial charge in [0.25, 0.3) is 0 Å². The van der Waals surface area contributed by atoms with E-state index in [9.17, 15) is 10.2 Å². The molecule has 0 saturated carbocycles. The number of anilines is 1. The van der Waals surface area contributed by atoms with Crippen molar-refractivity contribution in [3.8, 4) is 11.5 Å². The average molecular weight is 462 g/mol. The summed E-state index contributed by atoms with van der Waals surface area (Å²) < 4.78 is 0. The number of hydrogen-bond acceptors (Lipinski definition) is 7. The third-order valence-corrected chi connectivity index (χ3v) is 5.59. The minimum Gasteiger partial charge on any atom is -0.508 e. The fourth-order valence-electron chi connectivity index (χ4n) is 3.85. The minimum atomic E-state index is 0.0282. The summed E-state index contributed by atoms with van der Waals surface area (Å²) in [6.07, 6.45) is 3.59. The van der Waals surface area contributed by atoms with E-state index in [1.54, 1.807) is 42.7 Å². The van der Waals surface area contributed by atoms with Crippen molar-refractivity contribution in [3.05, 3.63) is 115 Å². The molecule has 0 aliphatic heterocycles. The molecule has 0 amide bonds. The number of hydrogen-bond donors (Lipinski definition) is 2. The van der Waals surface area contributed by atoms with Crippen LogP contribution in [0.15, 0.2) is 114 Å². The number of rotatable bonds is 7. The van der Waals surface area contributed by atoms with Crippen LogP contribution in [0.4, 0.5) is 17.1 Å². The van der Waals surface area contributed by atoms with E-state index in [4.69, 9.17) is 0 Å². The summed E-state index contributed by atoms with van der Waals surface area (Å²) in [7, 11) is 0. The van der Waals surface area contributed by atoms with Crippen LogP contribution in [0.1, 0.15) is 11.4 Å². The second kappa shape index (κ2) is 10.0. The Morgan fingerprint density at radius 2 is 1.37 bits per heavy atom. The Balaban J connectivity index is 1.40. The number of aromatic nitrogens is 2. The third-order valence-electron chi connectivity index (χ3n) is 5.59. The molecule has 0 fully saturated rings. The first-order valence-electron chi connectivity index (χ1n) is 11.2. The van der Waals surface area contributed by atoms with E-state index >= 15 is 0 Å². The number of fused-ring (bicyclic) bond motifs is 1. The van der Waals surface area contributed by atoms with Crippen molar-refractivity contribution in [2.45, 2.75) is 13.1 Å². The van der Waals surface area contributed by atoms with Crippen LogP contribution in [0.2, 0.25) is 0 Å². The first kappa shape index (κ1) is 22.0.